The zero-order valence-corrected chi connectivity index (χ0v) is 10.1. The van der Waals surface area contributed by atoms with Crippen molar-refractivity contribution < 1.29 is 23.4 Å². The van der Waals surface area contributed by atoms with Gasteiger partial charge in [0.2, 0.25) is 5.76 Å². The van der Waals surface area contributed by atoms with Crippen LogP contribution in [-0.4, -0.2) is 18.2 Å². The van der Waals surface area contributed by atoms with Gasteiger partial charge >= 0.3 is 5.97 Å². The Morgan fingerprint density at radius 2 is 2.26 bits per heavy atom. The minimum Gasteiger partial charge on any atom is -0.497 e. The monoisotopic (exact) mass is 265 g/mol. The summed E-state index contributed by atoms with van der Waals surface area (Å²) in [5.74, 6) is -1.32. The van der Waals surface area contributed by atoms with Gasteiger partial charge in [-0.2, -0.15) is 0 Å². The molecule has 1 aromatic carbocycles. The molecule has 0 amide bonds. The number of carbonyl (C=O) groups is 1. The standard InChI is InChI=1S/C13H12FNO4/c1-18-11-5-9(14)4-10(6-11)15-7-8-2-3-19-12(8)13(16)17/h2-6,15H,7H2,1H3,(H,16,17). The molecule has 0 aliphatic rings. The number of aromatic carboxylic acids is 1. The van der Waals surface area contributed by atoms with E-state index in [9.17, 15) is 9.18 Å². The van der Waals surface area contributed by atoms with Crippen LogP contribution >= 0.6 is 0 Å². The number of anilines is 1. The molecule has 2 rings (SSSR count). The van der Waals surface area contributed by atoms with Crippen LogP contribution in [0.15, 0.2) is 34.9 Å². The largest absolute Gasteiger partial charge is 0.497 e. The summed E-state index contributed by atoms with van der Waals surface area (Å²) in [6.07, 6.45) is 1.30. The van der Waals surface area contributed by atoms with Gasteiger partial charge in [-0.15, -0.1) is 0 Å². The summed E-state index contributed by atoms with van der Waals surface area (Å²) in [6, 6.07) is 5.71. The van der Waals surface area contributed by atoms with E-state index in [1.54, 1.807) is 12.1 Å². The molecule has 0 aliphatic heterocycles. The number of hydrogen-bond donors (Lipinski definition) is 2. The molecule has 6 heteroatoms. The van der Waals surface area contributed by atoms with Crippen LogP contribution in [0.3, 0.4) is 0 Å². The molecule has 0 bridgehead atoms. The van der Waals surface area contributed by atoms with Crippen molar-refractivity contribution in [3.8, 4) is 5.75 Å². The van der Waals surface area contributed by atoms with Gasteiger partial charge in [0.1, 0.15) is 11.6 Å². The van der Waals surface area contributed by atoms with Gasteiger partial charge in [-0.3, -0.25) is 0 Å². The number of benzene rings is 1. The summed E-state index contributed by atoms with van der Waals surface area (Å²) in [7, 11) is 1.44. The first-order valence-electron chi connectivity index (χ1n) is 5.48. The van der Waals surface area contributed by atoms with Gasteiger partial charge in [0, 0.05) is 29.9 Å². The summed E-state index contributed by atoms with van der Waals surface area (Å²) >= 11 is 0. The molecule has 19 heavy (non-hydrogen) atoms. The lowest BCUT2D eigenvalue weighted by molar-refractivity contribution is 0.0661. The number of rotatable bonds is 5. The van der Waals surface area contributed by atoms with Crippen LogP contribution in [-0.2, 0) is 6.54 Å². The minimum absolute atomic E-state index is 0.129. The second-order valence-corrected chi connectivity index (χ2v) is 3.81. The number of carboxylic acids is 1. The number of halogens is 1. The van der Waals surface area contributed by atoms with Crippen LogP contribution in [0.2, 0.25) is 0 Å². The van der Waals surface area contributed by atoms with Crippen molar-refractivity contribution in [3.63, 3.8) is 0 Å². The average Bonchev–Trinajstić information content (AvgIpc) is 2.84. The van der Waals surface area contributed by atoms with Gasteiger partial charge in [-0.05, 0) is 12.1 Å². The number of carboxylic acid groups (broad SMARTS) is 1. The Morgan fingerprint density at radius 1 is 1.47 bits per heavy atom. The molecule has 0 atom stereocenters. The molecule has 0 unspecified atom stereocenters. The molecule has 0 fully saturated rings. The summed E-state index contributed by atoms with van der Waals surface area (Å²) in [4.78, 5) is 10.8. The first-order chi connectivity index (χ1) is 9.10. The predicted octanol–water partition coefficient (Wildman–Crippen LogP) is 2.74. The number of methoxy groups -OCH3 is 1. The summed E-state index contributed by atoms with van der Waals surface area (Å²) in [6.45, 7) is 0.213. The van der Waals surface area contributed by atoms with Crippen LogP contribution in [0.1, 0.15) is 16.1 Å². The third-order valence-electron chi connectivity index (χ3n) is 2.53. The third-order valence-corrected chi connectivity index (χ3v) is 2.53. The topological polar surface area (TPSA) is 71.7 Å². The molecule has 1 aromatic heterocycles. The van der Waals surface area contributed by atoms with Gasteiger partial charge in [0.05, 0.1) is 13.4 Å². The van der Waals surface area contributed by atoms with Gasteiger partial charge in [0.15, 0.2) is 0 Å². The number of hydrogen-bond acceptors (Lipinski definition) is 4. The maximum Gasteiger partial charge on any atom is 0.372 e. The Kier molecular flexibility index (Phi) is 3.70. The fourth-order valence-electron chi connectivity index (χ4n) is 1.64. The van der Waals surface area contributed by atoms with Crippen molar-refractivity contribution in [2.24, 2.45) is 0 Å². The molecule has 0 saturated heterocycles. The molecule has 5 nitrogen and oxygen atoms in total. The van der Waals surface area contributed by atoms with E-state index in [0.717, 1.165) is 0 Å². The molecule has 0 saturated carbocycles. The van der Waals surface area contributed by atoms with E-state index in [4.69, 9.17) is 14.3 Å². The highest BCUT2D eigenvalue weighted by Gasteiger charge is 2.13. The van der Waals surface area contributed by atoms with Gasteiger partial charge in [-0.1, -0.05) is 0 Å². The molecular weight excluding hydrogens is 253 g/mol. The highest BCUT2D eigenvalue weighted by Crippen LogP contribution is 2.21. The van der Waals surface area contributed by atoms with Gasteiger partial charge in [0.25, 0.3) is 0 Å². The maximum atomic E-state index is 13.3. The normalized spacial score (nSPS) is 10.2. The van der Waals surface area contributed by atoms with E-state index in [1.807, 2.05) is 0 Å². The van der Waals surface area contributed by atoms with Crippen molar-refractivity contribution in [3.05, 3.63) is 47.7 Å². The van der Waals surface area contributed by atoms with Crippen LogP contribution < -0.4 is 10.1 Å². The fourth-order valence-corrected chi connectivity index (χ4v) is 1.64. The second-order valence-electron chi connectivity index (χ2n) is 3.81. The Labute approximate surface area is 108 Å². The predicted molar refractivity (Wildman–Crippen MR) is 65.9 cm³/mol. The van der Waals surface area contributed by atoms with Crippen LogP contribution in [0.25, 0.3) is 0 Å². The van der Waals surface area contributed by atoms with Crippen molar-refractivity contribution in [1.29, 1.82) is 0 Å². The van der Waals surface area contributed by atoms with Crippen LogP contribution in [0.4, 0.5) is 10.1 Å². The number of nitrogens with one attached hydrogen (secondary N) is 1. The second kappa shape index (κ2) is 5.43. The van der Waals surface area contributed by atoms with E-state index in [0.29, 0.717) is 17.0 Å². The molecule has 0 spiro atoms. The maximum absolute atomic E-state index is 13.3. The quantitative estimate of drug-likeness (QED) is 0.869. The van der Waals surface area contributed by atoms with Crippen molar-refractivity contribution in [2.45, 2.75) is 6.54 Å². The smallest absolute Gasteiger partial charge is 0.372 e. The number of ether oxygens (including phenoxy) is 1. The van der Waals surface area contributed by atoms with E-state index in [-0.39, 0.29) is 12.3 Å². The van der Waals surface area contributed by atoms with Crippen molar-refractivity contribution in [1.82, 2.24) is 0 Å². The third kappa shape index (κ3) is 3.04. The van der Waals surface area contributed by atoms with E-state index < -0.39 is 11.8 Å². The SMILES string of the molecule is COc1cc(F)cc(NCc2ccoc2C(=O)O)c1. The molecule has 2 N–H and O–H groups in total. The Hall–Kier alpha value is -2.50. The van der Waals surface area contributed by atoms with Gasteiger partial charge in [-0.25, -0.2) is 9.18 Å². The van der Waals surface area contributed by atoms with Crippen LogP contribution in [0.5, 0.6) is 5.75 Å². The first kappa shape index (κ1) is 12.9. The lowest BCUT2D eigenvalue weighted by Gasteiger charge is -2.08. The summed E-state index contributed by atoms with van der Waals surface area (Å²) < 4.78 is 23.0. The molecule has 2 aromatic rings. The van der Waals surface area contributed by atoms with E-state index >= 15 is 0 Å². The number of furan rings is 1. The highest BCUT2D eigenvalue weighted by molar-refractivity contribution is 5.86. The zero-order chi connectivity index (χ0) is 13.8. The van der Waals surface area contributed by atoms with Crippen LogP contribution in [0, 0.1) is 5.82 Å². The molecule has 0 aliphatic carbocycles. The van der Waals surface area contributed by atoms with E-state index in [2.05, 4.69) is 5.32 Å². The highest BCUT2D eigenvalue weighted by atomic mass is 19.1. The molecule has 1 heterocycles. The summed E-state index contributed by atoms with van der Waals surface area (Å²) in [5.41, 5.74) is 0.977. The minimum atomic E-state index is -1.14. The Morgan fingerprint density at radius 3 is 2.95 bits per heavy atom. The molecule has 0 radical (unpaired) electrons. The lowest BCUT2D eigenvalue weighted by atomic mass is 10.2. The van der Waals surface area contributed by atoms with Crippen molar-refractivity contribution >= 4 is 11.7 Å². The Balaban J connectivity index is 2.12. The fraction of sp³-hybridized carbons (Fsp3) is 0.154. The average molecular weight is 265 g/mol. The van der Waals surface area contributed by atoms with Gasteiger partial charge < -0.3 is 19.6 Å². The molecular formula is C13H12FNO4. The van der Waals surface area contributed by atoms with Crippen molar-refractivity contribution in [2.75, 3.05) is 12.4 Å². The Bertz CT molecular complexity index is 594. The molecule has 100 valence electrons. The van der Waals surface area contributed by atoms with E-state index in [1.165, 1.54) is 25.5 Å². The lowest BCUT2D eigenvalue weighted by Crippen LogP contribution is -2.05. The zero-order valence-electron chi connectivity index (χ0n) is 10.1. The first-order valence-corrected chi connectivity index (χ1v) is 5.48. The summed E-state index contributed by atoms with van der Waals surface area (Å²) in [5, 5.41) is 11.8.